The largest absolute Gasteiger partial charge is 0.264 e. The van der Waals surface area contributed by atoms with Gasteiger partial charge in [0.15, 0.2) is 0 Å². The van der Waals surface area contributed by atoms with Crippen LogP contribution >= 0.6 is 0 Å². The van der Waals surface area contributed by atoms with Crippen molar-refractivity contribution in [1.29, 1.82) is 0 Å². The molecule has 0 atom stereocenters. The van der Waals surface area contributed by atoms with E-state index in [2.05, 4.69) is 6.58 Å². The Bertz CT molecular complexity index is 1170. The number of sulfonamides is 1. The maximum absolute atomic E-state index is 14.9. The molecule has 1 aliphatic rings. The van der Waals surface area contributed by atoms with Crippen molar-refractivity contribution < 1.29 is 12.8 Å². The molecule has 3 aromatic carbocycles. The first kappa shape index (κ1) is 18.4. The normalized spacial score (nSPS) is 14.1. The van der Waals surface area contributed by atoms with Crippen molar-refractivity contribution in [3.63, 3.8) is 0 Å². The van der Waals surface area contributed by atoms with Gasteiger partial charge in [-0.1, -0.05) is 60.7 Å². The van der Waals surface area contributed by atoms with Gasteiger partial charge in [0.05, 0.1) is 17.1 Å². The Morgan fingerprint density at radius 1 is 0.929 bits per heavy atom. The summed E-state index contributed by atoms with van der Waals surface area (Å²) in [5.74, 6) is -0.555. The molecule has 0 aromatic heterocycles. The van der Waals surface area contributed by atoms with E-state index in [1.807, 2.05) is 31.2 Å². The second-order valence-corrected chi connectivity index (χ2v) is 8.87. The summed E-state index contributed by atoms with van der Waals surface area (Å²) in [4.78, 5) is 0.143. The number of rotatable bonds is 2. The van der Waals surface area contributed by atoms with Gasteiger partial charge in [-0.05, 0) is 53.8 Å². The minimum Gasteiger partial charge on any atom is -0.259 e. The Balaban J connectivity index is 1.95. The third-order valence-electron chi connectivity index (χ3n) is 5.04. The van der Waals surface area contributed by atoms with E-state index in [1.54, 1.807) is 36.4 Å². The Morgan fingerprint density at radius 2 is 1.61 bits per heavy atom. The third kappa shape index (κ3) is 3.12. The zero-order valence-corrected chi connectivity index (χ0v) is 16.3. The standard InChI is InChI=1S/C23H20FNO2S/c1-16-10-12-20(13-11-16)28(26,27)25-15-19-6-3-4-8-21(19)17(2)14-18-7-5-9-22(24)23(18)25/h3-13H,2,14-15H2,1H3. The molecule has 1 aliphatic heterocycles. The fourth-order valence-electron chi connectivity index (χ4n) is 3.59. The molecule has 0 fully saturated rings. The molecule has 0 saturated carbocycles. The molecule has 0 saturated heterocycles. The van der Waals surface area contributed by atoms with Gasteiger partial charge in [-0.25, -0.2) is 12.8 Å². The van der Waals surface area contributed by atoms with Crippen LogP contribution in [0.25, 0.3) is 5.57 Å². The average molecular weight is 393 g/mol. The van der Waals surface area contributed by atoms with E-state index in [0.717, 1.165) is 22.3 Å². The highest BCUT2D eigenvalue weighted by Crippen LogP contribution is 2.37. The second-order valence-electron chi connectivity index (χ2n) is 7.01. The van der Waals surface area contributed by atoms with E-state index in [-0.39, 0.29) is 17.1 Å². The van der Waals surface area contributed by atoms with Crippen LogP contribution in [0.15, 0.2) is 78.2 Å². The van der Waals surface area contributed by atoms with Crippen molar-refractivity contribution in [2.24, 2.45) is 0 Å². The lowest BCUT2D eigenvalue weighted by Gasteiger charge is -2.30. The predicted molar refractivity (Wildman–Crippen MR) is 110 cm³/mol. The lowest BCUT2D eigenvalue weighted by Crippen LogP contribution is -2.33. The van der Waals surface area contributed by atoms with E-state index in [9.17, 15) is 12.8 Å². The highest BCUT2D eigenvalue weighted by Gasteiger charge is 2.31. The number of anilines is 1. The Hall–Kier alpha value is -2.92. The topological polar surface area (TPSA) is 37.4 Å². The van der Waals surface area contributed by atoms with E-state index < -0.39 is 15.8 Å². The van der Waals surface area contributed by atoms with Gasteiger partial charge in [0.2, 0.25) is 0 Å². The smallest absolute Gasteiger partial charge is 0.259 e. The van der Waals surface area contributed by atoms with Gasteiger partial charge in [0.25, 0.3) is 10.0 Å². The maximum Gasteiger partial charge on any atom is 0.264 e. The summed E-state index contributed by atoms with van der Waals surface area (Å²) in [6.45, 7) is 6.08. The number of aryl methyl sites for hydroxylation is 1. The van der Waals surface area contributed by atoms with Crippen LogP contribution in [0.2, 0.25) is 0 Å². The summed E-state index contributed by atoms with van der Waals surface area (Å²) in [6, 6.07) is 18.8. The molecule has 28 heavy (non-hydrogen) atoms. The molecule has 0 unspecified atom stereocenters. The summed E-state index contributed by atoms with van der Waals surface area (Å²) in [7, 11) is -3.95. The summed E-state index contributed by atoms with van der Waals surface area (Å²) >= 11 is 0. The SMILES string of the molecule is C=C1Cc2cccc(F)c2N(S(=O)(=O)c2ccc(C)cc2)Cc2ccccc21. The van der Waals surface area contributed by atoms with Crippen LogP contribution in [-0.4, -0.2) is 8.42 Å². The Morgan fingerprint density at radius 3 is 2.36 bits per heavy atom. The van der Waals surface area contributed by atoms with Crippen molar-refractivity contribution in [2.45, 2.75) is 24.8 Å². The molecule has 3 nitrogen and oxygen atoms in total. The Kier molecular flexibility index (Phi) is 4.55. The summed E-state index contributed by atoms with van der Waals surface area (Å²) < 4.78 is 43.1. The quantitative estimate of drug-likeness (QED) is 0.607. The van der Waals surface area contributed by atoms with Crippen molar-refractivity contribution in [3.8, 4) is 0 Å². The maximum atomic E-state index is 14.9. The number of benzene rings is 3. The van der Waals surface area contributed by atoms with Crippen LogP contribution < -0.4 is 4.31 Å². The highest BCUT2D eigenvalue weighted by atomic mass is 32.2. The van der Waals surface area contributed by atoms with Gasteiger partial charge in [-0.3, -0.25) is 4.31 Å². The van der Waals surface area contributed by atoms with Crippen LogP contribution in [-0.2, 0) is 23.0 Å². The van der Waals surface area contributed by atoms with Crippen LogP contribution in [0, 0.1) is 12.7 Å². The van der Waals surface area contributed by atoms with Gasteiger partial charge >= 0.3 is 0 Å². The fraction of sp³-hybridized carbons (Fsp3) is 0.130. The third-order valence-corrected chi connectivity index (χ3v) is 6.80. The summed E-state index contributed by atoms with van der Waals surface area (Å²) in [5.41, 5.74) is 4.21. The van der Waals surface area contributed by atoms with E-state index in [1.165, 1.54) is 10.4 Å². The predicted octanol–water partition coefficient (Wildman–Crippen LogP) is 5.10. The van der Waals surface area contributed by atoms with Crippen molar-refractivity contribution in [3.05, 3.63) is 101 Å². The number of hydrogen-bond acceptors (Lipinski definition) is 2. The lowest BCUT2D eigenvalue weighted by molar-refractivity contribution is 0.583. The van der Waals surface area contributed by atoms with Crippen molar-refractivity contribution >= 4 is 21.3 Å². The minimum atomic E-state index is -3.95. The molecule has 4 rings (SSSR count). The van der Waals surface area contributed by atoms with Crippen molar-refractivity contribution in [2.75, 3.05) is 4.31 Å². The molecule has 0 N–H and O–H groups in total. The van der Waals surface area contributed by atoms with Crippen LogP contribution in [0.4, 0.5) is 10.1 Å². The first-order valence-electron chi connectivity index (χ1n) is 9.01. The van der Waals surface area contributed by atoms with Gasteiger partial charge in [0, 0.05) is 0 Å². The molecular formula is C23H20FNO2S. The molecule has 5 heteroatoms. The number of allylic oxidation sites excluding steroid dienone is 1. The number of halogens is 1. The molecule has 142 valence electrons. The molecule has 0 aliphatic carbocycles. The van der Waals surface area contributed by atoms with E-state index in [0.29, 0.717) is 12.0 Å². The lowest BCUT2D eigenvalue weighted by atomic mass is 9.93. The Labute approximate surface area is 164 Å². The first-order valence-corrected chi connectivity index (χ1v) is 10.4. The van der Waals surface area contributed by atoms with Gasteiger partial charge in [0.1, 0.15) is 5.82 Å². The molecule has 0 amide bonds. The molecule has 3 aromatic rings. The zero-order valence-electron chi connectivity index (χ0n) is 15.5. The van der Waals surface area contributed by atoms with Crippen LogP contribution in [0.1, 0.15) is 22.3 Å². The first-order chi connectivity index (χ1) is 13.4. The van der Waals surface area contributed by atoms with Crippen LogP contribution in [0.5, 0.6) is 0 Å². The molecule has 0 radical (unpaired) electrons. The fourth-order valence-corrected chi connectivity index (χ4v) is 5.07. The van der Waals surface area contributed by atoms with Gasteiger partial charge < -0.3 is 0 Å². The number of nitrogens with zero attached hydrogens (tertiary/aromatic N) is 1. The molecule has 0 spiro atoms. The van der Waals surface area contributed by atoms with Gasteiger partial charge in [-0.15, -0.1) is 0 Å². The highest BCUT2D eigenvalue weighted by molar-refractivity contribution is 7.92. The second kappa shape index (κ2) is 6.91. The monoisotopic (exact) mass is 393 g/mol. The molecule has 1 heterocycles. The minimum absolute atomic E-state index is 0.0410. The summed E-state index contributed by atoms with van der Waals surface area (Å²) in [5, 5.41) is 0. The average Bonchev–Trinajstić information content (AvgIpc) is 2.66. The van der Waals surface area contributed by atoms with Crippen molar-refractivity contribution in [1.82, 2.24) is 0 Å². The van der Waals surface area contributed by atoms with E-state index in [4.69, 9.17) is 0 Å². The zero-order chi connectivity index (χ0) is 19.9. The van der Waals surface area contributed by atoms with E-state index >= 15 is 0 Å². The number of para-hydroxylation sites is 1. The number of fused-ring (bicyclic) bond motifs is 2. The summed E-state index contributed by atoms with van der Waals surface area (Å²) in [6.07, 6.45) is 0.379. The molecular weight excluding hydrogens is 373 g/mol. The van der Waals surface area contributed by atoms with Gasteiger partial charge in [-0.2, -0.15) is 0 Å². The number of hydrogen-bond donors (Lipinski definition) is 0. The molecule has 0 bridgehead atoms. The van der Waals surface area contributed by atoms with Crippen LogP contribution in [0.3, 0.4) is 0 Å².